The lowest BCUT2D eigenvalue weighted by molar-refractivity contribution is -0.137. The molecule has 0 aliphatic carbocycles. The molecule has 0 saturated heterocycles. The van der Waals surface area contributed by atoms with Crippen molar-refractivity contribution in [2.45, 2.75) is 19.0 Å². The summed E-state index contributed by atoms with van der Waals surface area (Å²) in [5, 5.41) is 6.82. The molecule has 2 nitrogen and oxygen atoms in total. The SMILES string of the molecule is Cc1c(-c2ccc(C(F)(F)F)cc2)n[nH]c1CCl. The fraction of sp³-hybridized carbons (Fsp3) is 0.250. The van der Waals surface area contributed by atoms with Gasteiger partial charge in [0.25, 0.3) is 0 Å². The van der Waals surface area contributed by atoms with E-state index in [1.54, 1.807) is 0 Å². The third-order valence-electron chi connectivity index (χ3n) is 2.73. The van der Waals surface area contributed by atoms with E-state index in [9.17, 15) is 13.2 Å². The maximum atomic E-state index is 12.4. The van der Waals surface area contributed by atoms with E-state index < -0.39 is 11.7 Å². The van der Waals surface area contributed by atoms with Crippen LogP contribution in [0.2, 0.25) is 0 Å². The van der Waals surface area contributed by atoms with Crippen LogP contribution in [0.15, 0.2) is 24.3 Å². The van der Waals surface area contributed by atoms with E-state index in [-0.39, 0.29) is 0 Å². The number of halogens is 4. The number of nitrogens with one attached hydrogen (secondary N) is 1. The minimum absolute atomic E-state index is 0.291. The van der Waals surface area contributed by atoms with Crippen molar-refractivity contribution in [3.8, 4) is 11.3 Å². The monoisotopic (exact) mass is 274 g/mol. The van der Waals surface area contributed by atoms with Crippen molar-refractivity contribution < 1.29 is 13.2 Å². The van der Waals surface area contributed by atoms with Crippen LogP contribution in [-0.2, 0) is 12.1 Å². The second kappa shape index (κ2) is 4.65. The molecule has 1 aromatic heterocycles. The summed E-state index contributed by atoms with van der Waals surface area (Å²) in [7, 11) is 0. The first kappa shape index (κ1) is 13.0. The number of nitrogens with zero attached hydrogens (tertiary/aromatic N) is 1. The van der Waals surface area contributed by atoms with Gasteiger partial charge in [-0.25, -0.2) is 0 Å². The summed E-state index contributed by atoms with van der Waals surface area (Å²) in [4.78, 5) is 0. The molecule has 0 aliphatic rings. The van der Waals surface area contributed by atoms with Gasteiger partial charge in [-0.05, 0) is 24.6 Å². The average molecular weight is 275 g/mol. The average Bonchev–Trinajstić information content (AvgIpc) is 2.69. The molecule has 2 rings (SSSR count). The molecular weight excluding hydrogens is 265 g/mol. The summed E-state index contributed by atoms with van der Waals surface area (Å²) in [6.07, 6.45) is -4.32. The van der Waals surface area contributed by atoms with Gasteiger partial charge in [-0.2, -0.15) is 18.3 Å². The molecule has 1 heterocycles. The first-order chi connectivity index (χ1) is 8.43. The zero-order chi connectivity index (χ0) is 13.3. The number of aromatic nitrogens is 2. The Bertz CT molecular complexity index is 543. The first-order valence-electron chi connectivity index (χ1n) is 5.21. The van der Waals surface area contributed by atoms with Gasteiger partial charge in [0.15, 0.2) is 0 Å². The van der Waals surface area contributed by atoms with Crippen LogP contribution >= 0.6 is 11.6 Å². The predicted molar refractivity (Wildman–Crippen MR) is 63.3 cm³/mol. The highest BCUT2D eigenvalue weighted by atomic mass is 35.5. The van der Waals surface area contributed by atoms with Gasteiger partial charge in [-0.3, -0.25) is 5.10 Å². The molecule has 6 heteroatoms. The van der Waals surface area contributed by atoms with Crippen molar-refractivity contribution in [3.63, 3.8) is 0 Å². The van der Waals surface area contributed by atoms with Crippen LogP contribution in [-0.4, -0.2) is 10.2 Å². The minimum Gasteiger partial charge on any atom is -0.280 e. The molecule has 0 aliphatic heterocycles. The number of H-pyrrole nitrogens is 1. The van der Waals surface area contributed by atoms with Crippen molar-refractivity contribution in [2.75, 3.05) is 0 Å². The highest BCUT2D eigenvalue weighted by molar-refractivity contribution is 6.17. The standard InChI is InChI=1S/C12H10ClF3N2/c1-7-10(6-13)17-18-11(7)8-2-4-9(5-3-8)12(14,15)16/h2-5H,6H2,1H3,(H,17,18). The van der Waals surface area contributed by atoms with Crippen LogP contribution < -0.4 is 0 Å². The zero-order valence-corrected chi connectivity index (χ0v) is 10.2. The Morgan fingerprint density at radius 1 is 1.22 bits per heavy atom. The van der Waals surface area contributed by atoms with Gasteiger partial charge in [0, 0.05) is 5.56 Å². The van der Waals surface area contributed by atoms with E-state index in [1.807, 2.05) is 6.92 Å². The van der Waals surface area contributed by atoms with Crippen molar-refractivity contribution in [2.24, 2.45) is 0 Å². The Labute approximate surface area is 107 Å². The minimum atomic E-state index is -4.32. The fourth-order valence-electron chi connectivity index (χ4n) is 1.66. The number of alkyl halides is 4. The van der Waals surface area contributed by atoms with Crippen molar-refractivity contribution >= 4 is 11.6 Å². The highest BCUT2D eigenvalue weighted by Crippen LogP contribution is 2.31. The molecule has 96 valence electrons. The fourth-order valence-corrected chi connectivity index (χ4v) is 1.92. The summed E-state index contributed by atoms with van der Waals surface area (Å²) in [5.41, 5.74) is 2.21. The first-order valence-corrected chi connectivity index (χ1v) is 5.74. The highest BCUT2D eigenvalue weighted by Gasteiger charge is 2.30. The van der Waals surface area contributed by atoms with E-state index in [2.05, 4.69) is 10.2 Å². The van der Waals surface area contributed by atoms with Gasteiger partial charge in [0.05, 0.1) is 22.8 Å². The zero-order valence-electron chi connectivity index (χ0n) is 9.48. The Hall–Kier alpha value is -1.49. The molecule has 0 spiro atoms. The molecule has 0 unspecified atom stereocenters. The van der Waals surface area contributed by atoms with Crippen molar-refractivity contribution in [1.29, 1.82) is 0 Å². The normalized spacial score (nSPS) is 11.8. The van der Waals surface area contributed by atoms with Gasteiger partial charge in [0.2, 0.25) is 0 Å². The largest absolute Gasteiger partial charge is 0.416 e. The van der Waals surface area contributed by atoms with E-state index in [4.69, 9.17) is 11.6 Å². The van der Waals surface area contributed by atoms with Crippen molar-refractivity contribution in [1.82, 2.24) is 10.2 Å². The summed E-state index contributed by atoms with van der Waals surface area (Å²) in [5.74, 6) is 0.291. The molecule has 0 saturated carbocycles. The molecule has 0 fully saturated rings. The number of aromatic amines is 1. The summed E-state index contributed by atoms with van der Waals surface area (Å²) < 4.78 is 37.3. The number of benzene rings is 1. The lowest BCUT2D eigenvalue weighted by Crippen LogP contribution is -2.04. The van der Waals surface area contributed by atoms with Gasteiger partial charge in [-0.15, -0.1) is 11.6 Å². The molecule has 18 heavy (non-hydrogen) atoms. The Balaban J connectivity index is 2.37. The van der Waals surface area contributed by atoms with Gasteiger partial charge >= 0.3 is 6.18 Å². The maximum Gasteiger partial charge on any atom is 0.416 e. The Morgan fingerprint density at radius 3 is 2.28 bits per heavy atom. The van der Waals surface area contributed by atoms with Crippen LogP contribution in [0.3, 0.4) is 0 Å². The summed E-state index contributed by atoms with van der Waals surface area (Å²) in [6, 6.07) is 4.90. The van der Waals surface area contributed by atoms with Crippen LogP contribution in [0.5, 0.6) is 0 Å². The molecule has 0 amide bonds. The van der Waals surface area contributed by atoms with Crippen LogP contribution in [0.25, 0.3) is 11.3 Å². The predicted octanol–water partition coefficient (Wildman–Crippen LogP) is 4.14. The van der Waals surface area contributed by atoms with Gasteiger partial charge in [-0.1, -0.05) is 12.1 Å². The molecule has 0 bridgehead atoms. The molecule has 1 N–H and O–H groups in total. The topological polar surface area (TPSA) is 28.7 Å². The molecule has 0 radical (unpaired) electrons. The maximum absolute atomic E-state index is 12.4. The lowest BCUT2D eigenvalue weighted by atomic mass is 10.1. The van der Waals surface area contributed by atoms with E-state index >= 15 is 0 Å². The van der Waals surface area contributed by atoms with E-state index in [0.717, 1.165) is 23.4 Å². The summed E-state index contributed by atoms with van der Waals surface area (Å²) in [6.45, 7) is 1.83. The molecule has 0 atom stereocenters. The molecule has 2 aromatic rings. The van der Waals surface area contributed by atoms with Crippen LogP contribution in [0.1, 0.15) is 16.8 Å². The molecular formula is C12H10ClF3N2. The second-order valence-electron chi connectivity index (χ2n) is 3.88. The Morgan fingerprint density at radius 2 is 1.83 bits per heavy atom. The van der Waals surface area contributed by atoms with Crippen LogP contribution in [0.4, 0.5) is 13.2 Å². The number of rotatable bonds is 2. The van der Waals surface area contributed by atoms with Crippen LogP contribution in [0, 0.1) is 6.92 Å². The third-order valence-corrected chi connectivity index (χ3v) is 3.00. The third kappa shape index (κ3) is 2.36. The number of hydrogen-bond acceptors (Lipinski definition) is 1. The second-order valence-corrected chi connectivity index (χ2v) is 4.15. The van der Waals surface area contributed by atoms with Gasteiger partial charge in [0.1, 0.15) is 0 Å². The van der Waals surface area contributed by atoms with E-state index in [1.165, 1.54) is 12.1 Å². The van der Waals surface area contributed by atoms with E-state index in [0.29, 0.717) is 17.1 Å². The number of hydrogen-bond donors (Lipinski definition) is 1. The quantitative estimate of drug-likeness (QED) is 0.819. The lowest BCUT2D eigenvalue weighted by Gasteiger charge is -2.07. The van der Waals surface area contributed by atoms with Gasteiger partial charge < -0.3 is 0 Å². The Kier molecular flexibility index (Phi) is 3.34. The smallest absolute Gasteiger partial charge is 0.280 e. The molecule has 1 aromatic carbocycles. The summed E-state index contributed by atoms with van der Waals surface area (Å²) >= 11 is 5.70. The van der Waals surface area contributed by atoms with Crippen molar-refractivity contribution in [3.05, 3.63) is 41.1 Å².